The quantitative estimate of drug-likeness (QED) is 0.442. The summed E-state index contributed by atoms with van der Waals surface area (Å²) in [5, 5.41) is 10.4. The van der Waals surface area contributed by atoms with Crippen LogP contribution in [0.2, 0.25) is 5.02 Å². The highest BCUT2D eigenvalue weighted by atomic mass is 79.9. The van der Waals surface area contributed by atoms with Gasteiger partial charge in [0.1, 0.15) is 17.7 Å². The fraction of sp³-hybridized carbons (Fsp3) is 0.0526. The van der Waals surface area contributed by atoms with Crippen LogP contribution in [-0.2, 0) is 11.2 Å². The molecule has 0 atom stereocenters. The lowest BCUT2D eigenvalue weighted by Crippen LogP contribution is -2.16. The van der Waals surface area contributed by atoms with Crippen molar-refractivity contribution in [3.05, 3.63) is 75.7 Å². The average molecular weight is 475 g/mol. The van der Waals surface area contributed by atoms with Gasteiger partial charge in [-0.3, -0.25) is 4.79 Å². The molecule has 1 N–H and O–H groups in total. The smallest absolute Gasteiger partial charge is 0.230 e. The Morgan fingerprint density at radius 3 is 2.89 bits per heavy atom. The van der Waals surface area contributed by atoms with Crippen molar-refractivity contribution in [1.82, 2.24) is 19.7 Å². The highest BCUT2D eigenvalue weighted by Gasteiger charge is 2.14. The van der Waals surface area contributed by atoms with Gasteiger partial charge >= 0.3 is 0 Å². The summed E-state index contributed by atoms with van der Waals surface area (Å²) in [7, 11) is 0. The standard InChI is InChI=1S/C19H13BrClN5OS/c20-12-5-6-17(26-11-22-10-23-26)16(7-12)25-18(27)8-13-9-28-19(24-13)14-3-1-2-4-15(14)21/h1-7,9-11H,8H2,(H,25,27). The fourth-order valence-corrected chi connectivity index (χ4v) is 4.15. The summed E-state index contributed by atoms with van der Waals surface area (Å²) in [5.74, 6) is -0.171. The number of carbonyl (C=O) groups excluding carboxylic acids is 1. The van der Waals surface area contributed by atoms with Gasteiger partial charge < -0.3 is 5.32 Å². The molecule has 2 aromatic carbocycles. The number of aromatic nitrogens is 4. The van der Waals surface area contributed by atoms with Crippen molar-refractivity contribution in [3.8, 4) is 16.3 Å². The van der Waals surface area contributed by atoms with E-state index >= 15 is 0 Å². The summed E-state index contributed by atoms with van der Waals surface area (Å²) in [6.45, 7) is 0. The van der Waals surface area contributed by atoms with E-state index in [4.69, 9.17) is 11.6 Å². The van der Waals surface area contributed by atoms with Crippen LogP contribution in [0.5, 0.6) is 0 Å². The zero-order valence-corrected chi connectivity index (χ0v) is 17.5. The maximum absolute atomic E-state index is 12.6. The first-order chi connectivity index (χ1) is 13.6. The minimum atomic E-state index is -0.171. The van der Waals surface area contributed by atoms with Crippen LogP contribution in [0.4, 0.5) is 5.69 Å². The number of rotatable bonds is 5. The van der Waals surface area contributed by atoms with E-state index in [0.29, 0.717) is 16.4 Å². The Hall–Kier alpha value is -2.55. The Labute approximate surface area is 178 Å². The highest BCUT2D eigenvalue weighted by molar-refractivity contribution is 9.10. The molecule has 0 aliphatic carbocycles. The summed E-state index contributed by atoms with van der Waals surface area (Å²) >= 11 is 11.1. The number of hydrogen-bond acceptors (Lipinski definition) is 5. The van der Waals surface area contributed by atoms with Crippen LogP contribution in [0.25, 0.3) is 16.3 Å². The van der Waals surface area contributed by atoms with Crippen molar-refractivity contribution in [2.24, 2.45) is 0 Å². The van der Waals surface area contributed by atoms with E-state index in [1.165, 1.54) is 17.7 Å². The second kappa shape index (κ2) is 8.22. The summed E-state index contributed by atoms with van der Waals surface area (Å²) in [4.78, 5) is 21.1. The molecule has 0 bridgehead atoms. The number of carbonyl (C=O) groups is 1. The lowest BCUT2D eigenvalue weighted by Gasteiger charge is -2.11. The number of thiazole rings is 1. The van der Waals surface area contributed by atoms with Crippen LogP contribution in [-0.4, -0.2) is 25.7 Å². The Kier molecular flexibility index (Phi) is 5.52. The molecule has 2 aromatic heterocycles. The third-order valence-corrected chi connectivity index (χ3v) is 5.64. The van der Waals surface area contributed by atoms with E-state index in [0.717, 1.165) is 20.7 Å². The predicted molar refractivity (Wildman–Crippen MR) is 114 cm³/mol. The SMILES string of the molecule is O=C(Cc1csc(-c2ccccc2Cl)n1)Nc1cc(Br)ccc1-n1cncn1. The van der Waals surface area contributed by atoms with Crippen LogP contribution >= 0.6 is 38.9 Å². The zero-order valence-electron chi connectivity index (χ0n) is 14.3. The van der Waals surface area contributed by atoms with Gasteiger partial charge in [-0.1, -0.05) is 45.7 Å². The number of halogens is 2. The van der Waals surface area contributed by atoms with Crippen molar-refractivity contribution in [2.45, 2.75) is 6.42 Å². The first kappa shape index (κ1) is 18.8. The number of benzene rings is 2. The molecule has 0 spiro atoms. The van der Waals surface area contributed by atoms with Gasteiger partial charge in [0.25, 0.3) is 0 Å². The third kappa shape index (κ3) is 4.14. The van der Waals surface area contributed by atoms with E-state index in [2.05, 4.69) is 36.3 Å². The molecule has 0 saturated heterocycles. The summed E-state index contributed by atoms with van der Waals surface area (Å²) < 4.78 is 2.45. The molecule has 0 fully saturated rings. The molecular formula is C19H13BrClN5OS. The molecule has 1 amide bonds. The molecule has 4 aromatic rings. The van der Waals surface area contributed by atoms with Gasteiger partial charge in [0.15, 0.2) is 0 Å². The summed E-state index contributed by atoms with van der Waals surface area (Å²) in [6.07, 6.45) is 3.18. The number of anilines is 1. The van der Waals surface area contributed by atoms with E-state index in [-0.39, 0.29) is 12.3 Å². The molecule has 4 rings (SSSR count). The van der Waals surface area contributed by atoms with Gasteiger partial charge in [-0.15, -0.1) is 11.3 Å². The van der Waals surface area contributed by atoms with Crippen LogP contribution in [0.3, 0.4) is 0 Å². The van der Waals surface area contributed by atoms with Crippen molar-refractivity contribution >= 4 is 50.5 Å². The minimum Gasteiger partial charge on any atom is -0.324 e. The Morgan fingerprint density at radius 1 is 1.25 bits per heavy atom. The van der Waals surface area contributed by atoms with Crippen LogP contribution in [0.1, 0.15) is 5.69 Å². The molecule has 0 aliphatic heterocycles. The molecule has 0 aliphatic rings. The molecular weight excluding hydrogens is 462 g/mol. The van der Waals surface area contributed by atoms with Gasteiger partial charge in [0, 0.05) is 15.4 Å². The predicted octanol–water partition coefficient (Wildman–Crippen LogP) is 4.99. The van der Waals surface area contributed by atoms with Crippen LogP contribution < -0.4 is 5.32 Å². The van der Waals surface area contributed by atoms with Gasteiger partial charge in [-0.05, 0) is 24.3 Å². The Morgan fingerprint density at radius 2 is 2.11 bits per heavy atom. The maximum atomic E-state index is 12.6. The molecule has 0 unspecified atom stereocenters. The van der Waals surface area contributed by atoms with E-state index in [1.54, 1.807) is 11.0 Å². The van der Waals surface area contributed by atoms with Crippen molar-refractivity contribution in [2.75, 3.05) is 5.32 Å². The molecule has 9 heteroatoms. The largest absolute Gasteiger partial charge is 0.324 e. The van der Waals surface area contributed by atoms with Gasteiger partial charge in [-0.2, -0.15) is 5.10 Å². The fourth-order valence-electron chi connectivity index (χ4n) is 2.65. The number of nitrogens with zero attached hydrogens (tertiary/aromatic N) is 4. The van der Waals surface area contributed by atoms with Crippen LogP contribution in [0, 0.1) is 0 Å². The monoisotopic (exact) mass is 473 g/mol. The maximum Gasteiger partial charge on any atom is 0.230 e. The molecule has 0 saturated carbocycles. The van der Waals surface area contributed by atoms with Crippen molar-refractivity contribution in [1.29, 1.82) is 0 Å². The second-order valence-electron chi connectivity index (χ2n) is 5.85. The number of nitrogens with one attached hydrogen (secondary N) is 1. The number of amides is 1. The van der Waals surface area contributed by atoms with Gasteiger partial charge in [-0.25, -0.2) is 14.6 Å². The second-order valence-corrected chi connectivity index (χ2v) is 8.03. The molecule has 6 nitrogen and oxygen atoms in total. The Bertz CT molecular complexity index is 1130. The first-order valence-corrected chi connectivity index (χ1v) is 10.3. The molecule has 0 radical (unpaired) electrons. The summed E-state index contributed by atoms with van der Waals surface area (Å²) in [5.41, 5.74) is 2.91. The van der Waals surface area contributed by atoms with Crippen molar-refractivity contribution in [3.63, 3.8) is 0 Å². The minimum absolute atomic E-state index is 0.157. The lowest BCUT2D eigenvalue weighted by molar-refractivity contribution is -0.115. The zero-order chi connectivity index (χ0) is 19.5. The van der Waals surface area contributed by atoms with Crippen molar-refractivity contribution < 1.29 is 4.79 Å². The van der Waals surface area contributed by atoms with Gasteiger partial charge in [0.05, 0.1) is 28.5 Å². The Balaban J connectivity index is 1.52. The van der Waals surface area contributed by atoms with E-state index in [1.807, 2.05) is 47.8 Å². The third-order valence-electron chi connectivity index (χ3n) is 3.90. The van der Waals surface area contributed by atoms with E-state index in [9.17, 15) is 4.79 Å². The van der Waals surface area contributed by atoms with Crippen LogP contribution in [0.15, 0.2) is 65.0 Å². The summed E-state index contributed by atoms with van der Waals surface area (Å²) in [6, 6.07) is 13.1. The molecule has 28 heavy (non-hydrogen) atoms. The molecule has 140 valence electrons. The normalized spacial score (nSPS) is 10.8. The topological polar surface area (TPSA) is 72.7 Å². The number of hydrogen-bond donors (Lipinski definition) is 1. The van der Waals surface area contributed by atoms with Gasteiger partial charge in [0.2, 0.25) is 5.91 Å². The lowest BCUT2D eigenvalue weighted by atomic mass is 10.2. The average Bonchev–Trinajstić information content (AvgIpc) is 3.34. The first-order valence-electron chi connectivity index (χ1n) is 8.24. The van der Waals surface area contributed by atoms with E-state index < -0.39 is 0 Å². The highest BCUT2D eigenvalue weighted by Crippen LogP contribution is 2.30. The molecule has 2 heterocycles.